The molecule has 1 amide bonds. The third kappa shape index (κ3) is 5.97. The second-order valence-electron chi connectivity index (χ2n) is 11.1. The zero-order valence-corrected chi connectivity index (χ0v) is 24.0. The van der Waals surface area contributed by atoms with Gasteiger partial charge in [0.05, 0.1) is 12.4 Å². The lowest BCUT2D eigenvalue weighted by atomic mass is 9.99. The average Bonchev–Trinajstić information content (AvgIpc) is 3.47. The van der Waals surface area contributed by atoms with E-state index in [1.165, 1.54) is 0 Å². The van der Waals surface area contributed by atoms with Crippen molar-refractivity contribution in [3.05, 3.63) is 71.3 Å². The van der Waals surface area contributed by atoms with Crippen molar-refractivity contribution in [2.75, 3.05) is 0 Å². The Balaban J connectivity index is 1.69. The van der Waals surface area contributed by atoms with Gasteiger partial charge in [0.15, 0.2) is 13.9 Å². The standard InChI is InChI=1S/C28H35ClN4O3Si/c1-18(36-37(5,6)28(2,3)4)10-15-24(33-16-23(26(30)34)31-17-33)21-8-7-9-22-25(21)35-27(32-22)19-11-13-20(29)14-12-19/h7-9,11-14,16-18,24H,10,15H2,1-6H3,(H2,30,34)/t18-,24?/m0/s1. The van der Waals surface area contributed by atoms with Gasteiger partial charge in [-0.3, -0.25) is 4.79 Å². The van der Waals surface area contributed by atoms with Crippen LogP contribution < -0.4 is 5.73 Å². The lowest BCUT2D eigenvalue weighted by Gasteiger charge is -2.38. The molecule has 9 heteroatoms. The van der Waals surface area contributed by atoms with Gasteiger partial charge in [-0.1, -0.05) is 44.5 Å². The smallest absolute Gasteiger partial charge is 0.268 e. The molecule has 2 aromatic carbocycles. The van der Waals surface area contributed by atoms with Gasteiger partial charge in [-0.25, -0.2) is 9.97 Å². The largest absolute Gasteiger partial charge is 0.436 e. The van der Waals surface area contributed by atoms with Crippen molar-refractivity contribution in [2.45, 2.75) is 70.8 Å². The Hall–Kier alpha value is -2.94. The van der Waals surface area contributed by atoms with Crippen molar-refractivity contribution in [1.29, 1.82) is 0 Å². The Morgan fingerprint density at radius 1 is 1.16 bits per heavy atom. The van der Waals surface area contributed by atoms with Gasteiger partial charge in [-0.05, 0) is 68.2 Å². The molecule has 196 valence electrons. The number of benzene rings is 2. The molecule has 7 nitrogen and oxygen atoms in total. The summed E-state index contributed by atoms with van der Waals surface area (Å²) < 4.78 is 14.9. The number of halogens is 1. The summed E-state index contributed by atoms with van der Waals surface area (Å²) in [7, 11) is -1.91. The minimum absolute atomic E-state index is 0.0704. The molecule has 1 unspecified atom stereocenters. The lowest BCUT2D eigenvalue weighted by Crippen LogP contribution is -2.43. The first-order chi connectivity index (χ1) is 17.4. The van der Waals surface area contributed by atoms with Gasteiger partial charge in [0.1, 0.15) is 11.2 Å². The predicted molar refractivity (Wildman–Crippen MR) is 150 cm³/mol. The zero-order valence-electron chi connectivity index (χ0n) is 22.3. The number of oxazole rings is 1. The number of hydrogen-bond acceptors (Lipinski definition) is 5. The first kappa shape index (κ1) is 27.1. The van der Waals surface area contributed by atoms with Crippen LogP contribution >= 0.6 is 11.6 Å². The first-order valence-corrected chi connectivity index (χ1v) is 15.8. The van der Waals surface area contributed by atoms with Gasteiger partial charge in [-0.15, -0.1) is 0 Å². The number of rotatable bonds is 9. The summed E-state index contributed by atoms with van der Waals surface area (Å²) in [5.74, 6) is -0.0361. The van der Waals surface area contributed by atoms with Gasteiger partial charge in [-0.2, -0.15) is 0 Å². The Morgan fingerprint density at radius 2 is 1.86 bits per heavy atom. The minimum Gasteiger partial charge on any atom is -0.436 e. The molecule has 0 fully saturated rings. The van der Waals surface area contributed by atoms with Gasteiger partial charge in [0.25, 0.3) is 5.91 Å². The average molecular weight is 539 g/mol. The van der Waals surface area contributed by atoms with Crippen molar-refractivity contribution in [3.8, 4) is 11.5 Å². The highest BCUT2D eigenvalue weighted by Crippen LogP contribution is 2.39. The monoisotopic (exact) mass is 538 g/mol. The molecule has 2 N–H and O–H groups in total. The van der Waals surface area contributed by atoms with Crippen LogP contribution in [-0.2, 0) is 4.43 Å². The number of hydrogen-bond donors (Lipinski definition) is 1. The molecular weight excluding hydrogens is 504 g/mol. The van der Waals surface area contributed by atoms with E-state index in [0.29, 0.717) is 16.5 Å². The number of imidazole rings is 1. The second-order valence-corrected chi connectivity index (χ2v) is 16.3. The van der Waals surface area contributed by atoms with Crippen LogP contribution in [0, 0.1) is 0 Å². The van der Waals surface area contributed by atoms with E-state index < -0.39 is 14.2 Å². The van der Waals surface area contributed by atoms with Crippen LogP contribution in [0.1, 0.15) is 62.6 Å². The number of para-hydroxylation sites is 1. The predicted octanol–water partition coefficient (Wildman–Crippen LogP) is 7.22. The van der Waals surface area contributed by atoms with Gasteiger partial charge in [0.2, 0.25) is 5.89 Å². The maximum Gasteiger partial charge on any atom is 0.268 e. The number of nitrogens with two attached hydrogens (primary N) is 1. The van der Waals surface area contributed by atoms with Crippen LogP contribution in [0.15, 0.2) is 59.4 Å². The lowest BCUT2D eigenvalue weighted by molar-refractivity contribution is 0.0996. The fourth-order valence-corrected chi connectivity index (χ4v) is 5.78. The normalized spacial score (nSPS) is 14.1. The molecule has 0 aliphatic rings. The van der Waals surface area contributed by atoms with E-state index in [2.05, 4.69) is 45.8 Å². The van der Waals surface area contributed by atoms with E-state index in [-0.39, 0.29) is 22.9 Å². The topological polar surface area (TPSA) is 96.2 Å². The maximum atomic E-state index is 11.8. The van der Waals surface area contributed by atoms with Gasteiger partial charge >= 0.3 is 0 Å². The molecule has 0 bridgehead atoms. The van der Waals surface area contributed by atoms with Crippen molar-refractivity contribution in [1.82, 2.24) is 14.5 Å². The minimum atomic E-state index is -1.91. The molecule has 0 aliphatic carbocycles. The van der Waals surface area contributed by atoms with Gasteiger partial charge < -0.3 is 19.1 Å². The number of carbonyl (C=O) groups excluding carboxylic acids is 1. The summed E-state index contributed by atoms with van der Waals surface area (Å²) in [6, 6.07) is 13.2. The third-order valence-electron chi connectivity index (χ3n) is 7.26. The molecule has 2 atom stereocenters. The molecule has 0 saturated heterocycles. The van der Waals surface area contributed by atoms with E-state index in [1.54, 1.807) is 12.5 Å². The second kappa shape index (κ2) is 10.4. The Morgan fingerprint density at radius 3 is 2.49 bits per heavy atom. The number of aromatic nitrogens is 3. The highest BCUT2D eigenvalue weighted by molar-refractivity contribution is 6.74. The molecule has 0 spiro atoms. The fraction of sp³-hybridized carbons (Fsp3) is 0.393. The molecule has 2 aromatic heterocycles. The van der Waals surface area contributed by atoms with Crippen LogP contribution in [0.2, 0.25) is 23.2 Å². The van der Waals surface area contributed by atoms with Crippen molar-refractivity contribution >= 4 is 36.9 Å². The fourth-order valence-electron chi connectivity index (χ4n) is 4.18. The number of amides is 1. The van der Waals surface area contributed by atoms with E-state index in [9.17, 15) is 4.79 Å². The molecule has 0 saturated carbocycles. The van der Waals surface area contributed by atoms with Crippen LogP contribution in [0.3, 0.4) is 0 Å². The van der Waals surface area contributed by atoms with Gasteiger partial charge in [0, 0.05) is 28.5 Å². The SMILES string of the molecule is C[C@@H](CCC(c1cccc2nc(-c3ccc(Cl)cc3)oc12)n1cnc(C(N)=O)c1)O[Si](C)(C)C(C)(C)C. The van der Waals surface area contributed by atoms with Crippen molar-refractivity contribution in [3.63, 3.8) is 0 Å². The van der Waals surface area contributed by atoms with E-state index in [1.807, 2.05) is 47.0 Å². The number of fused-ring (bicyclic) bond motifs is 1. The zero-order chi connectivity index (χ0) is 27.0. The Kier molecular flexibility index (Phi) is 7.64. The molecule has 2 heterocycles. The summed E-state index contributed by atoms with van der Waals surface area (Å²) >= 11 is 6.06. The van der Waals surface area contributed by atoms with E-state index in [0.717, 1.165) is 29.5 Å². The summed E-state index contributed by atoms with van der Waals surface area (Å²) in [5, 5.41) is 0.783. The molecule has 4 aromatic rings. The van der Waals surface area contributed by atoms with E-state index in [4.69, 9.17) is 31.2 Å². The highest BCUT2D eigenvalue weighted by Gasteiger charge is 2.38. The molecule has 37 heavy (non-hydrogen) atoms. The summed E-state index contributed by atoms with van der Waals surface area (Å²) in [4.78, 5) is 20.7. The van der Waals surface area contributed by atoms with Crippen LogP contribution in [0.4, 0.5) is 0 Å². The van der Waals surface area contributed by atoms with E-state index >= 15 is 0 Å². The third-order valence-corrected chi connectivity index (χ3v) is 12.1. The molecule has 4 rings (SSSR count). The van der Waals surface area contributed by atoms with Crippen molar-refractivity contribution < 1.29 is 13.6 Å². The number of primary amides is 1. The molecule has 0 radical (unpaired) electrons. The highest BCUT2D eigenvalue weighted by atomic mass is 35.5. The Bertz CT molecular complexity index is 1390. The first-order valence-electron chi connectivity index (χ1n) is 12.5. The Labute approximate surface area is 224 Å². The summed E-state index contributed by atoms with van der Waals surface area (Å²) in [6.45, 7) is 13.4. The molecular formula is C28H35ClN4O3Si. The number of carbonyl (C=O) groups is 1. The van der Waals surface area contributed by atoms with Crippen LogP contribution in [0.25, 0.3) is 22.6 Å². The summed E-state index contributed by atoms with van der Waals surface area (Å²) in [5.41, 5.74) is 8.98. The molecule has 0 aliphatic heterocycles. The number of nitrogens with zero attached hydrogens (tertiary/aromatic N) is 3. The van der Waals surface area contributed by atoms with Crippen molar-refractivity contribution in [2.24, 2.45) is 5.73 Å². The quantitative estimate of drug-likeness (QED) is 0.227. The maximum absolute atomic E-state index is 11.8. The summed E-state index contributed by atoms with van der Waals surface area (Å²) in [6.07, 6.45) is 4.98. The van der Waals surface area contributed by atoms with Crippen LogP contribution in [-0.4, -0.2) is 34.9 Å². The van der Waals surface area contributed by atoms with Crippen LogP contribution in [0.5, 0.6) is 0 Å².